The number of nitrogens with zero attached hydrogens (tertiary/aromatic N) is 2. The van der Waals surface area contributed by atoms with Gasteiger partial charge in [0, 0.05) is 10.9 Å². The molecule has 104 valence electrons. The van der Waals surface area contributed by atoms with Crippen molar-refractivity contribution < 1.29 is 9.72 Å². The lowest BCUT2D eigenvalue weighted by atomic mass is 10.1. The first-order chi connectivity index (χ1) is 9.49. The fourth-order valence-electron chi connectivity index (χ4n) is 1.82. The first-order valence-corrected chi connectivity index (χ1v) is 6.75. The summed E-state index contributed by atoms with van der Waals surface area (Å²) in [5, 5.41) is 14.5. The van der Waals surface area contributed by atoms with E-state index >= 15 is 0 Å². The van der Waals surface area contributed by atoms with Crippen molar-refractivity contribution in [2.45, 2.75) is 20.4 Å². The third kappa shape index (κ3) is 3.00. The molecule has 0 unspecified atom stereocenters. The second kappa shape index (κ2) is 5.79. The number of nitrogens with one attached hydrogen (secondary N) is 1. The van der Waals surface area contributed by atoms with Gasteiger partial charge < -0.3 is 5.32 Å². The Morgan fingerprint density at radius 3 is 2.70 bits per heavy atom. The smallest absolute Gasteiger partial charge is 0.282 e. The molecular formula is C13H13N3O3S. The Labute approximate surface area is 119 Å². The molecule has 0 radical (unpaired) electrons. The average Bonchev–Trinajstić information content (AvgIpc) is 2.74. The van der Waals surface area contributed by atoms with Crippen LogP contribution < -0.4 is 5.32 Å². The zero-order valence-corrected chi connectivity index (χ0v) is 11.9. The largest absolute Gasteiger partial charge is 0.347 e. The van der Waals surface area contributed by atoms with E-state index in [1.165, 1.54) is 29.5 Å². The number of thiazole rings is 1. The normalized spacial score (nSPS) is 10.3. The van der Waals surface area contributed by atoms with Crippen LogP contribution in [0.1, 0.15) is 25.9 Å². The van der Waals surface area contributed by atoms with Crippen molar-refractivity contribution in [3.63, 3.8) is 0 Å². The molecule has 2 rings (SSSR count). The Morgan fingerprint density at radius 2 is 2.10 bits per heavy atom. The maximum absolute atomic E-state index is 12.0. The highest BCUT2D eigenvalue weighted by molar-refractivity contribution is 7.11. The highest BCUT2D eigenvalue weighted by Gasteiger charge is 2.19. The number of rotatable bonds is 4. The lowest BCUT2D eigenvalue weighted by molar-refractivity contribution is -0.385. The van der Waals surface area contributed by atoms with Crippen molar-refractivity contribution in [1.29, 1.82) is 0 Å². The van der Waals surface area contributed by atoms with Crippen LogP contribution >= 0.6 is 11.3 Å². The van der Waals surface area contributed by atoms with Gasteiger partial charge in [-0.25, -0.2) is 4.98 Å². The SMILES string of the molecule is Cc1nc(C)c(CNC(=O)c2ccccc2[N+](=O)[O-])s1. The standard InChI is InChI=1S/C13H13N3O3S/c1-8-12(20-9(2)15-8)7-14-13(17)10-5-3-4-6-11(10)16(18)19/h3-6H,7H2,1-2H3,(H,14,17). The van der Waals surface area contributed by atoms with Crippen molar-refractivity contribution in [3.05, 3.63) is 55.5 Å². The van der Waals surface area contributed by atoms with Gasteiger partial charge in [-0.2, -0.15) is 0 Å². The van der Waals surface area contributed by atoms with Crippen molar-refractivity contribution in [2.75, 3.05) is 0 Å². The zero-order valence-electron chi connectivity index (χ0n) is 11.0. The van der Waals surface area contributed by atoms with E-state index < -0.39 is 10.8 Å². The molecule has 0 saturated heterocycles. The van der Waals surface area contributed by atoms with Gasteiger partial charge in [-0.3, -0.25) is 14.9 Å². The lowest BCUT2D eigenvalue weighted by Crippen LogP contribution is -2.23. The van der Waals surface area contributed by atoms with Gasteiger partial charge in [0.1, 0.15) is 5.56 Å². The Balaban J connectivity index is 2.13. The van der Waals surface area contributed by atoms with Crippen molar-refractivity contribution in [2.24, 2.45) is 0 Å². The molecule has 1 N–H and O–H groups in total. The van der Waals surface area contributed by atoms with Gasteiger partial charge in [0.15, 0.2) is 0 Å². The summed E-state index contributed by atoms with van der Waals surface area (Å²) in [7, 11) is 0. The van der Waals surface area contributed by atoms with E-state index in [1.54, 1.807) is 6.07 Å². The maximum Gasteiger partial charge on any atom is 0.282 e. The number of nitro groups is 1. The minimum absolute atomic E-state index is 0.0661. The summed E-state index contributed by atoms with van der Waals surface area (Å²) in [6.07, 6.45) is 0. The molecule has 0 saturated carbocycles. The van der Waals surface area contributed by atoms with E-state index in [-0.39, 0.29) is 11.3 Å². The molecule has 6 nitrogen and oxygen atoms in total. The molecule has 0 bridgehead atoms. The molecule has 0 aliphatic carbocycles. The highest BCUT2D eigenvalue weighted by atomic mass is 32.1. The van der Waals surface area contributed by atoms with Crippen molar-refractivity contribution in [1.82, 2.24) is 10.3 Å². The summed E-state index contributed by atoms with van der Waals surface area (Å²) in [5.74, 6) is -0.456. The van der Waals surface area contributed by atoms with Gasteiger partial charge in [0.05, 0.1) is 22.2 Å². The Bertz CT molecular complexity index is 667. The molecule has 0 spiro atoms. The summed E-state index contributed by atoms with van der Waals surface area (Å²) >= 11 is 1.50. The van der Waals surface area contributed by atoms with Gasteiger partial charge in [0.2, 0.25) is 0 Å². The van der Waals surface area contributed by atoms with E-state index in [9.17, 15) is 14.9 Å². The van der Waals surface area contributed by atoms with Crippen LogP contribution in [-0.4, -0.2) is 15.8 Å². The van der Waals surface area contributed by atoms with Crippen LogP contribution in [0, 0.1) is 24.0 Å². The van der Waals surface area contributed by atoms with Crippen LogP contribution in [0.3, 0.4) is 0 Å². The molecule has 1 aromatic carbocycles. The van der Waals surface area contributed by atoms with Crippen LogP contribution in [0.5, 0.6) is 0 Å². The monoisotopic (exact) mass is 291 g/mol. The number of amides is 1. The van der Waals surface area contributed by atoms with Gasteiger partial charge in [-0.05, 0) is 19.9 Å². The predicted molar refractivity (Wildman–Crippen MR) is 75.9 cm³/mol. The maximum atomic E-state index is 12.0. The third-order valence-corrected chi connectivity index (χ3v) is 3.83. The van der Waals surface area contributed by atoms with Gasteiger partial charge in [0.25, 0.3) is 11.6 Å². The number of aromatic nitrogens is 1. The van der Waals surface area contributed by atoms with E-state index in [1.807, 2.05) is 13.8 Å². The van der Waals surface area contributed by atoms with Crippen LogP contribution in [0.15, 0.2) is 24.3 Å². The quantitative estimate of drug-likeness (QED) is 0.693. The molecule has 0 aliphatic heterocycles. The Hall–Kier alpha value is -2.28. The number of para-hydroxylation sites is 1. The summed E-state index contributed by atoms with van der Waals surface area (Å²) in [4.78, 5) is 27.6. The topological polar surface area (TPSA) is 85.1 Å². The second-order valence-corrected chi connectivity index (χ2v) is 5.49. The molecule has 1 heterocycles. The van der Waals surface area contributed by atoms with Crippen molar-refractivity contribution >= 4 is 22.9 Å². The number of nitro benzene ring substituents is 1. The minimum atomic E-state index is -0.559. The van der Waals surface area contributed by atoms with Crippen LogP contribution in [0.25, 0.3) is 0 Å². The fraction of sp³-hybridized carbons (Fsp3) is 0.231. The molecule has 1 amide bonds. The number of carbonyl (C=O) groups excluding carboxylic acids is 1. The summed E-state index contributed by atoms with van der Waals surface area (Å²) in [6.45, 7) is 4.09. The molecule has 7 heteroatoms. The first-order valence-electron chi connectivity index (χ1n) is 5.93. The number of carbonyl (C=O) groups is 1. The summed E-state index contributed by atoms with van der Waals surface area (Å²) in [6, 6.07) is 5.89. The van der Waals surface area contributed by atoms with Crippen molar-refractivity contribution in [3.8, 4) is 0 Å². The van der Waals surface area contributed by atoms with Crippen LogP contribution in [-0.2, 0) is 6.54 Å². The van der Waals surface area contributed by atoms with E-state index in [0.29, 0.717) is 6.54 Å². The number of benzene rings is 1. The van der Waals surface area contributed by atoms with Crippen LogP contribution in [0.4, 0.5) is 5.69 Å². The van der Waals surface area contributed by atoms with E-state index in [0.717, 1.165) is 15.6 Å². The molecule has 1 aromatic heterocycles. The van der Waals surface area contributed by atoms with Crippen LogP contribution in [0.2, 0.25) is 0 Å². The fourth-order valence-corrected chi connectivity index (χ4v) is 2.69. The second-order valence-electron chi connectivity index (χ2n) is 4.20. The zero-order chi connectivity index (χ0) is 14.7. The summed E-state index contributed by atoms with van der Waals surface area (Å²) in [5.41, 5.74) is 0.744. The molecule has 2 aromatic rings. The van der Waals surface area contributed by atoms with Gasteiger partial charge in [-0.15, -0.1) is 11.3 Å². The minimum Gasteiger partial charge on any atom is -0.347 e. The number of hydrogen-bond donors (Lipinski definition) is 1. The summed E-state index contributed by atoms with van der Waals surface area (Å²) < 4.78 is 0. The molecular weight excluding hydrogens is 278 g/mol. The molecule has 0 atom stereocenters. The first kappa shape index (κ1) is 14.1. The number of aryl methyl sites for hydroxylation is 2. The van der Waals surface area contributed by atoms with Gasteiger partial charge >= 0.3 is 0 Å². The molecule has 0 aliphatic rings. The van der Waals surface area contributed by atoms with E-state index in [2.05, 4.69) is 10.3 Å². The average molecular weight is 291 g/mol. The molecule has 0 fully saturated rings. The Kier molecular flexibility index (Phi) is 4.09. The van der Waals surface area contributed by atoms with Gasteiger partial charge in [-0.1, -0.05) is 12.1 Å². The van der Waals surface area contributed by atoms with E-state index in [4.69, 9.17) is 0 Å². The lowest BCUT2D eigenvalue weighted by Gasteiger charge is -2.04. The number of hydrogen-bond acceptors (Lipinski definition) is 5. The predicted octanol–water partition coefficient (Wildman–Crippen LogP) is 2.60. The highest BCUT2D eigenvalue weighted by Crippen LogP contribution is 2.19. The third-order valence-electron chi connectivity index (χ3n) is 2.75. The Morgan fingerprint density at radius 1 is 1.40 bits per heavy atom. The molecule has 20 heavy (non-hydrogen) atoms.